The lowest BCUT2D eigenvalue weighted by atomic mass is 9.88. The van der Waals surface area contributed by atoms with Gasteiger partial charge in [-0.05, 0) is 29.3 Å². The Bertz CT molecular complexity index is 843. The van der Waals surface area contributed by atoms with Crippen molar-refractivity contribution >= 4 is 23.5 Å². The van der Waals surface area contributed by atoms with E-state index in [-0.39, 0.29) is 17.7 Å². The summed E-state index contributed by atoms with van der Waals surface area (Å²) in [5, 5.41) is 9.46. The van der Waals surface area contributed by atoms with Crippen LogP contribution in [0, 0.1) is 0 Å². The highest BCUT2D eigenvalue weighted by atomic mass is 16.4. The van der Waals surface area contributed by atoms with Gasteiger partial charge >= 0.3 is 5.97 Å². The molecule has 1 unspecified atom stereocenters. The lowest BCUT2D eigenvalue weighted by Gasteiger charge is -2.30. The molecule has 6 nitrogen and oxygen atoms in total. The number of aliphatic carboxylic acids is 1. The number of hydrogen-bond acceptors (Lipinski definition) is 4. The van der Waals surface area contributed by atoms with Crippen molar-refractivity contribution in [2.75, 3.05) is 19.0 Å². The molecule has 0 aromatic heterocycles. The van der Waals surface area contributed by atoms with Gasteiger partial charge in [0, 0.05) is 25.3 Å². The van der Waals surface area contributed by atoms with Gasteiger partial charge in [-0.25, -0.2) is 0 Å². The molecule has 1 atom stereocenters. The molecule has 0 aliphatic carbocycles. The van der Waals surface area contributed by atoms with Crippen molar-refractivity contribution in [2.45, 2.75) is 12.5 Å². The molecule has 0 saturated carbocycles. The molecule has 0 radical (unpaired) electrons. The Morgan fingerprint density at radius 1 is 1.08 bits per heavy atom. The second-order valence-corrected chi connectivity index (χ2v) is 6.15. The average molecular weight is 338 g/mol. The third-order valence-electron chi connectivity index (χ3n) is 4.30. The molecule has 2 aromatic carbocycles. The summed E-state index contributed by atoms with van der Waals surface area (Å²) < 4.78 is 0. The highest BCUT2D eigenvalue weighted by Gasteiger charge is 2.42. The molecular weight excluding hydrogens is 320 g/mol. The molecule has 2 aromatic rings. The number of fused-ring (bicyclic) bond motifs is 1. The number of benzene rings is 2. The second-order valence-electron chi connectivity index (χ2n) is 6.15. The summed E-state index contributed by atoms with van der Waals surface area (Å²) in [6, 6.07) is 13.8. The van der Waals surface area contributed by atoms with Gasteiger partial charge in [0.2, 0.25) is 5.91 Å². The van der Waals surface area contributed by atoms with E-state index in [0.717, 1.165) is 16.2 Å². The van der Waals surface area contributed by atoms with E-state index in [1.54, 1.807) is 18.2 Å². The zero-order valence-corrected chi connectivity index (χ0v) is 14.0. The lowest BCUT2D eigenvalue weighted by Crippen LogP contribution is -2.46. The van der Waals surface area contributed by atoms with Crippen LogP contribution in [0.2, 0.25) is 0 Å². The topological polar surface area (TPSA) is 77.9 Å². The molecule has 0 bridgehead atoms. The number of nitrogens with zero attached hydrogens (tertiary/aromatic N) is 2. The summed E-state index contributed by atoms with van der Waals surface area (Å²) in [6.07, 6.45) is 0. The van der Waals surface area contributed by atoms with Gasteiger partial charge in [0.1, 0.15) is 0 Å². The molecule has 6 heteroatoms. The van der Waals surface area contributed by atoms with Crippen LogP contribution in [-0.2, 0) is 16.1 Å². The number of carboxylic acid groups (broad SMARTS) is 1. The van der Waals surface area contributed by atoms with Crippen molar-refractivity contribution in [3.63, 3.8) is 0 Å². The van der Waals surface area contributed by atoms with Crippen molar-refractivity contribution < 1.29 is 19.5 Å². The molecule has 0 fully saturated rings. The highest BCUT2D eigenvalue weighted by molar-refractivity contribution is 6.17. The largest absolute Gasteiger partial charge is 0.480 e. The minimum Gasteiger partial charge on any atom is -0.480 e. The van der Waals surface area contributed by atoms with Gasteiger partial charge < -0.3 is 10.0 Å². The first-order valence-corrected chi connectivity index (χ1v) is 7.84. The molecule has 1 heterocycles. The molecule has 128 valence electrons. The summed E-state index contributed by atoms with van der Waals surface area (Å²) in [4.78, 5) is 39.9. The van der Waals surface area contributed by atoms with Crippen molar-refractivity contribution in [2.24, 2.45) is 0 Å². The molecular formula is C19H18N2O4. The number of carbonyl (C=O) groups is 3. The van der Waals surface area contributed by atoms with Crippen LogP contribution in [0.4, 0.5) is 5.69 Å². The van der Waals surface area contributed by atoms with Crippen LogP contribution in [0.15, 0.2) is 48.5 Å². The van der Waals surface area contributed by atoms with Gasteiger partial charge in [0.25, 0.3) is 5.91 Å². The number of anilines is 1. The third-order valence-corrected chi connectivity index (χ3v) is 4.30. The smallest absolute Gasteiger partial charge is 0.320 e. The van der Waals surface area contributed by atoms with Crippen LogP contribution >= 0.6 is 0 Å². The number of amides is 2. The Labute approximate surface area is 145 Å². The zero-order chi connectivity index (χ0) is 18.1. The zero-order valence-electron chi connectivity index (χ0n) is 14.0. The molecule has 0 spiro atoms. The lowest BCUT2D eigenvalue weighted by molar-refractivity contribution is -0.146. The van der Waals surface area contributed by atoms with E-state index in [1.165, 1.54) is 6.07 Å². The van der Waals surface area contributed by atoms with Gasteiger partial charge in [0.15, 0.2) is 5.92 Å². The Kier molecular flexibility index (Phi) is 4.27. The number of carboxylic acids is 1. The summed E-state index contributed by atoms with van der Waals surface area (Å²) in [5.41, 5.74) is 2.27. The number of carbonyl (C=O) groups excluding carboxylic acids is 2. The van der Waals surface area contributed by atoms with Crippen molar-refractivity contribution in [3.8, 4) is 0 Å². The molecule has 1 N–H and O–H groups in total. The second kappa shape index (κ2) is 6.39. The van der Waals surface area contributed by atoms with Crippen LogP contribution < -0.4 is 4.90 Å². The number of imide groups is 1. The normalized spacial score (nSPS) is 16.6. The van der Waals surface area contributed by atoms with Gasteiger partial charge in [0.05, 0.1) is 6.54 Å². The fourth-order valence-electron chi connectivity index (χ4n) is 2.95. The average Bonchev–Trinajstić information content (AvgIpc) is 2.59. The van der Waals surface area contributed by atoms with Gasteiger partial charge in [-0.2, -0.15) is 0 Å². The molecule has 1 aliphatic rings. The minimum atomic E-state index is -1.35. The SMILES string of the molecule is CN(C)c1ccc(CN2C(=O)c3ccccc3C(C(=O)O)C2=O)cc1. The maximum absolute atomic E-state index is 12.7. The molecule has 1 aliphatic heterocycles. The highest BCUT2D eigenvalue weighted by Crippen LogP contribution is 2.30. The van der Waals surface area contributed by atoms with Crippen molar-refractivity contribution in [1.82, 2.24) is 4.90 Å². The van der Waals surface area contributed by atoms with E-state index in [1.807, 2.05) is 43.3 Å². The quantitative estimate of drug-likeness (QED) is 0.682. The maximum atomic E-state index is 12.7. The number of hydrogen-bond donors (Lipinski definition) is 1. The van der Waals surface area contributed by atoms with E-state index >= 15 is 0 Å². The Balaban J connectivity index is 1.95. The summed E-state index contributed by atoms with van der Waals surface area (Å²) in [6.45, 7) is 0.0451. The molecule has 2 amide bonds. The molecule has 25 heavy (non-hydrogen) atoms. The van der Waals surface area contributed by atoms with Crippen LogP contribution in [0.25, 0.3) is 0 Å². The Morgan fingerprint density at radius 3 is 2.32 bits per heavy atom. The number of rotatable bonds is 4. The standard InChI is InChI=1S/C19H18N2O4/c1-20(2)13-9-7-12(8-10-13)11-21-17(22)15-6-4-3-5-14(15)16(18(21)23)19(24)25/h3-10,16H,11H2,1-2H3,(H,24,25). The minimum absolute atomic E-state index is 0.0451. The summed E-state index contributed by atoms with van der Waals surface area (Å²) in [5.74, 6) is -3.77. The van der Waals surface area contributed by atoms with E-state index in [4.69, 9.17) is 0 Å². The van der Waals surface area contributed by atoms with Crippen LogP contribution in [0.5, 0.6) is 0 Å². The fraction of sp³-hybridized carbons (Fsp3) is 0.211. The first-order chi connectivity index (χ1) is 11.9. The predicted octanol–water partition coefficient (Wildman–Crippen LogP) is 2.10. The van der Waals surface area contributed by atoms with Crippen molar-refractivity contribution in [3.05, 3.63) is 65.2 Å². The monoisotopic (exact) mass is 338 g/mol. The summed E-state index contributed by atoms with van der Waals surface area (Å²) >= 11 is 0. The molecule has 0 saturated heterocycles. The van der Waals surface area contributed by atoms with E-state index in [0.29, 0.717) is 0 Å². The van der Waals surface area contributed by atoms with Crippen LogP contribution in [0.1, 0.15) is 27.4 Å². The van der Waals surface area contributed by atoms with Gasteiger partial charge in [-0.3, -0.25) is 19.3 Å². The first kappa shape index (κ1) is 16.7. The van der Waals surface area contributed by atoms with Crippen LogP contribution in [-0.4, -0.2) is 41.9 Å². The first-order valence-electron chi connectivity index (χ1n) is 7.84. The van der Waals surface area contributed by atoms with Gasteiger partial charge in [-0.15, -0.1) is 0 Å². The van der Waals surface area contributed by atoms with E-state index < -0.39 is 23.7 Å². The Hall–Kier alpha value is -3.15. The summed E-state index contributed by atoms with van der Waals surface area (Å²) in [7, 11) is 3.84. The third kappa shape index (κ3) is 2.98. The molecule has 3 rings (SSSR count). The van der Waals surface area contributed by atoms with E-state index in [9.17, 15) is 19.5 Å². The van der Waals surface area contributed by atoms with Crippen molar-refractivity contribution in [1.29, 1.82) is 0 Å². The Morgan fingerprint density at radius 2 is 1.72 bits per heavy atom. The van der Waals surface area contributed by atoms with E-state index in [2.05, 4.69) is 0 Å². The maximum Gasteiger partial charge on any atom is 0.320 e. The fourth-order valence-corrected chi connectivity index (χ4v) is 2.95. The predicted molar refractivity (Wildman–Crippen MR) is 92.5 cm³/mol. The van der Waals surface area contributed by atoms with Gasteiger partial charge in [-0.1, -0.05) is 30.3 Å². The van der Waals surface area contributed by atoms with Crippen LogP contribution in [0.3, 0.4) is 0 Å².